The number of ether oxygens (including phenoxy) is 1. The molecule has 4 nitrogen and oxygen atoms in total. The van der Waals surface area contributed by atoms with Gasteiger partial charge in [0.2, 0.25) is 5.88 Å². The SMILES string of the molecule is CNC(c1nccnc1OC)C1CCc2ccccc21. The number of aryl methyl sites for hydroxylation is 1. The lowest BCUT2D eigenvalue weighted by Gasteiger charge is -2.24. The van der Waals surface area contributed by atoms with Gasteiger partial charge in [-0.1, -0.05) is 24.3 Å². The Morgan fingerprint density at radius 1 is 1.25 bits per heavy atom. The van der Waals surface area contributed by atoms with E-state index in [2.05, 4.69) is 39.6 Å². The van der Waals surface area contributed by atoms with Gasteiger partial charge >= 0.3 is 0 Å². The average molecular weight is 269 g/mol. The number of hydrogen-bond donors (Lipinski definition) is 1. The number of methoxy groups -OCH3 is 1. The van der Waals surface area contributed by atoms with Gasteiger partial charge in [-0.25, -0.2) is 4.98 Å². The Balaban J connectivity index is 1.99. The summed E-state index contributed by atoms with van der Waals surface area (Å²) in [5.74, 6) is 1.03. The molecule has 2 atom stereocenters. The van der Waals surface area contributed by atoms with Crippen LogP contribution in [0.25, 0.3) is 0 Å². The van der Waals surface area contributed by atoms with E-state index in [-0.39, 0.29) is 6.04 Å². The summed E-state index contributed by atoms with van der Waals surface area (Å²) in [6, 6.07) is 8.79. The average Bonchev–Trinajstić information content (AvgIpc) is 2.93. The van der Waals surface area contributed by atoms with Gasteiger partial charge in [0.15, 0.2) is 0 Å². The molecule has 2 aromatic rings. The minimum absolute atomic E-state index is 0.127. The Morgan fingerprint density at radius 3 is 2.85 bits per heavy atom. The fourth-order valence-corrected chi connectivity index (χ4v) is 3.17. The number of likely N-dealkylation sites (N-methyl/N-ethyl adjacent to an activating group) is 1. The molecule has 2 unspecified atom stereocenters. The van der Waals surface area contributed by atoms with E-state index in [0.29, 0.717) is 11.8 Å². The molecule has 1 aliphatic rings. The first-order valence-electron chi connectivity index (χ1n) is 6.95. The third-order valence-electron chi connectivity index (χ3n) is 4.07. The predicted octanol–water partition coefficient (Wildman–Crippen LogP) is 2.48. The summed E-state index contributed by atoms with van der Waals surface area (Å²) in [7, 11) is 3.61. The van der Waals surface area contributed by atoms with E-state index in [1.54, 1.807) is 19.5 Å². The molecule has 104 valence electrons. The second kappa shape index (κ2) is 5.59. The number of fused-ring (bicyclic) bond motifs is 1. The van der Waals surface area contributed by atoms with Crippen molar-refractivity contribution >= 4 is 0 Å². The number of nitrogens with zero attached hydrogens (tertiary/aromatic N) is 2. The summed E-state index contributed by atoms with van der Waals surface area (Å²) >= 11 is 0. The molecule has 1 heterocycles. The van der Waals surface area contributed by atoms with Crippen molar-refractivity contribution in [2.24, 2.45) is 0 Å². The Hall–Kier alpha value is -1.94. The lowest BCUT2D eigenvalue weighted by atomic mass is 9.91. The summed E-state index contributed by atoms with van der Waals surface area (Å²) in [6.07, 6.45) is 5.65. The topological polar surface area (TPSA) is 47.0 Å². The first-order chi connectivity index (χ1) is 9.85. The zero-order valence-electron chi connectivity index (χ0n) is 11.8. The van der Waals surface area contributed by atoms with Gasteiger partial charge in [-0.3, -0.25) is 4.98 Å². The van der Waals surface area contributed by atoms with Gasteiger partial charge < -0.3 is 10.1 Å². The van der Waals surface area contributed by atoms with Crippen LogP contribution in [0.15, 0.2) is 36.7 Å². The van der Waals surface area contributed by atoms with Crippen molar-refractivity contribution in [2.75, 3.05) is 14.2 Å². The van der Waals surface area contributed by atoms with E-state index in [4.69, 9.17) is 4.74 Å². The Kier molecular flexibility index (Phi) is 3.65. The van der Waals surface area contributed by atoms with Gasteiger partial charge in [-0.15, -0.1) is 0 Å². The monoisotopic (exact) mass is 269 g/mol. The van der Waals surface area contributed by atoms with Crippen molar-refractivity contribution in [1.82, 2.24) is 15.3 Å². The molecule has 0 aliphatic heterocycles. The third kappa shape index (κ3) is 2.16. The summed E-state index contributed by atoms with van der Waals surface area (Å²) in [4.78, 5) is 8.76. The molecule has 1 aromatic carbocycles. The van der Waals surface area contributed by atoms with Crippen molar-refractivity contribution in [3.63, 3.8) is 0 Å². The van der Waals surface area contributed by atoms with Crippen LogP contribution < -0.4 is 10.1 Å². The number of hydrogen-bond acceptors (Lipinski definition) is 4. The smallest absolute Gasteiger partial charge is 0.237 e. The lowest BCUT2D eigenvalue weighted by Crippen LogP contribution is -2.24. The normalized spacial score (nSPS) is 18.6. The maximum absolute atomic E-state index is 5.36. The zero-order chi connectivity index (χ0) is 13.9. The standard InChI is InChI=1S/C16H19N3O/c1-17-14(15-16(20-2)19-10-9-18-15)13-8-7-11-5-3-4-6-12(11)13/h3-6,9-10,13-14,17H,7-8H2,1-2H3. The molecule has 4 heteroatoms. The number of aromatic nitrogens is 2. The second-order valence-electron chi connectivity index (χ2n) is 5.06. The first kappa shape index (κ1) is 13.1. The maximum atomic E-state index is 5.36. The van der Waals surface area contributed by atoms with Crippen molar-refractivity contribution in [1.29, 1.82) is 0 Å². The quantitative estimate of drug-likeness (QED) is 0.926. The van der Waals surface area contributed by atoms with Crippen molar-refractivity contribution < 1.29 is 4.74 Å². The molecule has 0 radical (unpaired) electrons. The third-order valence-corrected chi connectivity index (χ3v) is 4.07. The van der Waals surface area contributed by atoms with Crippen LogP contribution in [0.4, 0.5) is 0 Å². The first-order valence-corrected chi connectivity index (χ1v) is 6.95. The van der Waals surface area contributed by atoms with E-state index in [1.165, 1.54) is 11.1 Å². The minimum Gasteiger partial charge on any atom is -0.480 e. The van der Waals surface area contributed by atoms with Crippen LogP contribution >= 0.6 is 0 Å². The molecule has 20 heavy (non-hydrogen) atoms. The lowest BCUT2D eigenvalue weighted by molar-refractivity contribution is 0.368. The Morgan fingerprint density at radius 2 is 2.05 bits per heavy atom. The Labute approximate surface area is 119 Å². The number of benzene rings is 1. The van der Waals surface area contributed by atoms with Gasteiger partial charge in [-0.05, 0) is 31.0 Å². The molecular formula is C16H19N3O. The number of rotatable bonds is 4. The largest absolute Gasteiger partial charge is 0.480 e. The molecule has 0 bridgehead atoms. The summed E-state index contributed by atoms with van der Waals surface area (Å²) in [6.45, 7) is 0. The highest BCUT2D eigenvalue weighted by Crippen LogP contribution is 2.42. The van der Waals surface area contributed by atoms with Crippen molar-refractivity contribution in [3.8, 4) is 5.88 Å². The van der Waals surface area contributed by atoms with E-state index < -0.39 is 0 Å². The van der Waals surface area contributed by atoms with Crippen LogP contribution in [0, 0.1) is 0 Å². The van der Waals surface area contributed by atoms with Crippen LogP contribution in [-0.2, 0) is 6.42 Å². The molecule has 0 amide bonds. The second-order valence-corrected chi connectivity index (χ2v) is 5.06. The minimum atomic E-state index is 0.127. The molecular weight excluding hydrogens is 250 g/mol. The van der Waals surface area contributed by atoms with Gasteiger partial charge in [0.25, 0.3) is 0 Å². The summed E-state index contributed by atoms with van der Waals surface area (Å²) < 4.78 is 5.36. The molecule has 0 spiro atoms. The van der Waals surface area contributed by atoms with E-state index in [0.717, 1.165) is 18.5 Å². The fraction of sp³-hybridized carbons (Fsp3) is 0.375. The summed E-state index contributed by atoms with van der Waals surface area (Å²) in [5, 5.41) is 3.39. The molecule has 0 saturated heterocycles. The van der Waals surface area contributed by atoms with Gasteiger partial charge in [0.05, 0.1) is 13.2 Å². The molecule has 3 rings (SSSR count). The van der Waals surface area contributed by atoms with E-state index in [1.807, 2.05) is 7.05 Å². The molecule has 1 aromatic heterocycles. The molecule has 1 N–H and O–H groups in total. The van der Waals surface area contributed by atoms with Crippen LogP contribution in [0.3, 0.4) is 0 Å². The van der Waals surface area contributed by atoms with Crippen LogP contribution in [0.2, 0.25) is 0 Å². The Bertz CT molecular complexity index is 600. The van der Waals surface area contributed by atoms with E-state index >= 15 is 0 Å². The van der Waals surface area contributed by atoms with Gasteiger partial charge in [0, 0.05) is 18.3 Å². The molecule has 0 saturated carbocycles. The maximum Gasteiger partial charge on any atom is 0.237 e. The van der Waals surface area contributed by atoms with Crippen LogP contribution in [-0.4, -0.2) is 24.1 Å². The van der Waals surface area contributed by atoms with Crippen molar-refractivity contribution in [3.05, 3.63) is 53.5 Å². The van der Waals surface area contributed by atoms with Crippen molar-refractivity contribution in [2.45, 2.75) is 24.8 Å². The highest BCUT2D eigenvalue weighted by atomic mass is 16.5. The van der Waals surface area contributed by atoms with Crippen LogP contribution in [0.5, 0.6) is 5.88 Å². The van der Waals surface area contributed by atoms with Gasteiger partial charge in [-0.2, -0.15) is 0 Å². The molecule has 0 fully saturated rings. The zero-order valence-corrected chi connectivity index (χ0v) is 11.8. The summed E-state index contributed by atoms with van der Waals surface area (Å²) in [5.41, 5.74) is 3.75. The fourth-order valence-electron chi connectivity index (χ4n) is 3.17. The number of nitrogens with one attached hydrogen (secondary N) is 1. The highest BCUT2D eigenvalue weighted by Gasteiger charge is 2.32. The predicted molar refractivity (Wildman–Crippen MR) is 77.9 cm³/mol. The van der Waals surface area contributed by atoms with Crippen LogP contribution in [0.1, 0.15) is 35.2 Å². The highest BCUT2D eigenvalue weighted by molar-refractivity contribution is 5.38. The van der Waals surface area contributed by atoms with Gasteiger partial charge in [0.1, 0.15) is 5.69 Å². The molecule has 1 aliphatic carbocycles. The van der Waals surface area contributed by atoms with E-state index in [9.17, 15) is 0 Å².